The van der Waals surface area contributed by atoms with E-state index in [2.05, 4.69) is 11.4 Å². The molecule has 2 aromatic carbocycles. The molecule has 3 heterocycles. The Morgan fingerprint density at radius 1 is 1.20 bits per heavy atom. The number of alkyl halides is 1. The van der Waals surface area contributed by atoms with Crippen molar-refractivity contribution in [2.45, 2.75) is 30.5 Å². The topological polar surface area (TPSA) is 77.1 Å². The van der Waals surface area contributed by atoms with Crippen molar-refractivity contribution in [2.24, 2.45) is 0 Å². The molecule has 3 aliphatic heterocycles. The predicted octanol–water partition coefficient (Wildman–Crippen LogP) is 3.05. The van der Waals surface area contributed by atoms with E-state index in [1.165, 1.54) is 7.11 Å². The van der Waals surface area contributed by atoms with Crippen molar-refractivity contribution in [2.75, 3.05) is 25.1 Å². The lowest BCUT2D eigenvalue weighted by molar-refractivity contribution is -0.157. The molecule has 0 radical (unpaired) electrons. The molecule has 0 aromatic heterocycles. The second-order valence-electron chi connectivity index (χ2n) is 7.63. The van der Waals surface area contributed by atoms with Crippen LogP contribution in [0.1, 0.15) is 29.5 Å². The van der Waals surface area contributed by atoms with Gasteiger partial charge in [-0.05, 0) is 35.7 Å². The first-order valence-corrected chi connectivity index (χ1v) is 10.4. The maximum Gasteiger partial charge on any atom is 0.328 e. The number of nitrogens with zero attached hydrogens (tertiary/aromatic N) is 1. The Hall–Kier alpha value is -2.93. The van der Waals surface area contributed by atoms with E-state index in [9.17, 15) is 9.59 Å². The molecule has 0 spiro atoms. The standard InChI is InChI=1S/C22H21ClN2O5/c1-28-22(27)16-9-14-13-4-2-3-5-15(13)24-20(14)21(25(16)19(26)10-23)12-6-7-17-18(8-12)30-11-29-17/h2-8,14,16,20-21,24H,9-11H2,1H3/t14-,16-,20-,21-/m0/s1. The lowest BCUT2D eigenvalue weighted by Crippen LogP contribution is -2.57. The van der Waals surface area contributed by atoms with Gasteiger partial charge in [-0.1, -0.05) is 24.3 Å². The van der Waals surface area contributed by atoms with Crippen LogP contribution in [0.5, 0.6) is 11.5 Å². The van der Waals surface area contributed by atoms with E-state index in [4.69, 9.17) is 25.8 Å². The number of nitrogens with one attached hydrogen (secondary N) is 1. The van der Waals surface area contributed by atoms with E-state index in [0.717, 1.165) is 16.8 Å². The summed E-state index contributed by atoms with van der Waals surface area (Å²) in [5, 5.41) is 3.58. The van der Waals surface area contributed by atoms with Crippen molar-refractivity contribution in [3.8, 4) is 11.5 Å². The highest BCUT2D eigenvalue weighted by Gasteiger charge is 2.51. The minimum Gasteiger partial charge on any atom is -0.467 e. The molecule has 1 fully saturated rings. The number of rotatable bonds is 3. The third-order valence-corrected chi connectivity index (χ3v) is 6.41. The Balaban J connectivity index is 1.65. The van der Waals surface area contributed by atoms with E-state index >= 15 is 0 Å². The van der Waals surface area contributed by atoms with Crippen LogP contribution in [0.15, 0.2) is 42.5 Å². The number of likely N-dealkylation sites (tertiary alicyclic amines) is 1. The van der Waals surface area contributed by atoms with Gasteiger partial charge in [-0.15, -0.1) is 11.6 Å². The molecule has 0 bridgehead atoms. The average molecular weight is 429 g/mol. The zero-order chi connectivity index (χ0) is 20.8. The Morgan fingerprint density at radius 2 is 2.00 bits per heavy atom. The summed E-state index contributed by atoms with van der Waals surface area (Å²) in [6.45, 7) is 0.161. The first-order valence-electron chi connectivity index (χ1n) is 9.82. The van der Waals surface area contributed by atoms with Gasteiger partial charge in [-0.3, -0.25) is 4.79 Å². The van der Waals surface area contributed by atoms with Crippen LogP contribution in [0.25, 0.3) is 0 Å². The second kappa shape index (κ2) is 7.40. The molecule has 1 N–H and O–H groups in total. The number of carbonyl (C=O) groups excluding carboxylic acids is 2. The maximum atomic E-state index is 13.0. The van der Waals surface area contributed by atoms with Crippen LogP contribution in [0.4, 0.5) is 5.69 Å². The molecule has 8 heteroatoms. The minimum atomic E-state index is -0.731. The van der Waals surface area contributed by atoms with Gasteiger partial charge in [0.05, 0.1) is 19.2 Å². The maximum absolute atomic E-state index is 13.0. The normalized spacial score (nSPS) is 25.9. The highest BCUT2D eigenvalue weighted by molar-refractivity contribution is 6.27. The fraction of sp³-hybridized carbons (Fsp3) is 0.364. The second-order valence-corrected chi connectivity index (χ2v) is 7.90. The van der Waals surface area contributed by atoms with Crippen molar-refractivity contribution in [1.82, 2.24) is 4.90 Å². The molecule has 0 unspecified atom stereocenters. The van der Waals surface area contributed by atoms with Crippen molar-refractivity contribution >= 4 is 29.2 Å². The predicted molar refractivity (Wildman–Crippen MR) is 110 cm³/mol. The fourth-order valence-electron chi connectivity index (χ4n) is 4.93. The summed E-state index contributed by atoms with van der Waals surface area (Å²) in [4.78, 5) is 27.3. The van der Waals surface area contributed by atoms with Gasteiger partial charge < -0.3 is 24.4 Å². The van der Waals surface area contributed by atoms with E-state index in [-0.39, 0.29) is 30.5 Å². The third kappa shape index (κ3) is 2.88. The molecule has 4 atom stereocenters. The van der Waals surface area contributed by atoms with Crippen LogP contribution in [0.3, 0.4) is 0 Å². The zero-order valence-electron chi connectivity index (χ0n) is 16.3. The lowest BCUT2D eigenvalue weighted by Gasteiger charge is -2.47. The Bertz CT molecular complexity index is 1010. The summed E-state index contributed by atoms with van der Waals surface area (Å²) in [6.07, 6.45) is 0.463. The molecule has 156 valence electrons. The Labute approximate surface area is 178 Å². The summed E-state index contributed by atoms with van der Waals surface area (Å²) in [6, 6.07) is 12.4. The molecule has 0 saturated carbocycles. The first kappa shape index (κ1) is 19.1. The summed E-state index contributed by atoms with van der Waals surface area (Å²) >= 11 is 5.97. The molecule has 5 rings (SSSR count). The molecule has 0 aliphatic carbocycles. The molecule has 1 saturated heterocycles. The third-order valence-electron chi connectivity index (χ3n) is 6.18. The minimum absolute atomic E-state index is 0.0418. The molecule has 3 aliphatic rings. The van der Waals surface area contributed by atoms with Crippen molar-refractivity contribution < 1.29 is 23.8 Å². The van der Waals surface area contributed by atoms with E-state index < -0.39 is 18.1 Å². The van der Waals surface area contributed by atoms with Gasteiger partial charge in [-0.25, -0.2) is 4.79 Å². The lowest BCUT2D eigenvalue weighted by atomic mass is 9.77. The fourth-order valence-corrected chi connectivity index (χ4v) is 5.07. The van der Waals surface area contributed by atoms with Crippen molar-refractivity contribution in [3.05, 3.63) is 53.6 Å². The number of hydrogen-bond donors (Lipinski definition) is 1. The molecule has 1 amide bonds. The monoisotopic (exact) mass is 428 g/mol. The van der Waals surface area contributed by atoms with Crippen molar-refractivity contribution in [1.29, 1.82) is 0 Å². The summed E-state index contributed by atoms with van der Waals surface area (Å²) in [7, 11) is 1.34. The smallest absolute Gasteiger partial charge is 0.328 e. The number of esters is 1. The summed E-state index contributed by atoms with van der Waals surface area (Å²) < 4.78 is 16.1. The van der Waals surface area contributed by atoms with Crippen LogP contribution in [-0.4, -0.2) is 48.6 Å². The van der Waals surface area contributed by atoms with Crippen LogP contribution in [0.2, 0.25) is 0 Å². The van der Waals surface area contributed by atoms with Gasteiger partial charge in [0.25, 0.3) is 0 Å². The molecular weight excluding hydrogens is 408 g/mol. The largest absolute Gasteiger partial charge is 0.467 e. The number of anilines is 1. The number of para-hydroxylation sites is 1. The number of fused-ring (bicyclic) bond motifs is 4. The SMILES string of the molecule is COC(=O)[C@@H]1C[C@H]2c3ccccc3N[C@@H]2[C@H](c2ccc3c(c2)OCO3)N1C(=O)CCl. The highest BCUT2D eigenvalue weighted by atomic mass is 35.5. The molecule has 7 nitrogen and oxygen atoms in total. The van der Waals surface area contributed by atoms with Gasteiger partial charge in [0, 0.05) is 11.6 Å². The zero-order valence-corrected chi connectivity index (χ0v) is 17.1. The number of amides is 1. The average Bonchev–Trinajstić information content (AvgIpc) is 3.40. The summed E-state index contributed by atoms with van der Waals surface area (Å²) in [5.74, 6) is 0.346. The number of piperidine rings is 1. The number of ether oxygens (including phenoxy) is 3. The van der Waals surface area contributed by atoms with Gasteiger partial charge in [-0.2, -0.15) is 0 Å². The number of benzene rings is 2. The number of hydrogen-bond acceptors (Lipinski definition) is 6. The van der Waals surface area contributed by atoms with Crippen LogP contribution in [-0.2, 0) is 14.3 Å². The van der Waals surface area contributed by atoms with E-state index in [1.807, 2.05) is 36.4 Å². The van der Waals surface area contributed by atoms with E-state index in [1.54, 1.807) is 4.90 Å². The van der Waals surface area contributed by atoms with Crippen LogP contribution in [0, 0.1) is 0 Å². The number of halogens is 1. The molecular formula is C22H21ClN2O5. The summed E-state index contributed by atoms with van der Waals surface area (Å²) in [5.41, 5.74) is 3.00. The molecule has 30 heavy (non-hydrogen) atoms. The van der Waals surface area contributed by atoms with Gasteiger partial charge in [0.15, 0.2) is 11.5 Å². The van der Waals surface area contributed by atoms with E-state index in [0.29, 0.717) is 17.9 Å². The van der Waals surface area contributed by atoms with Gasteiger partial charge in [0.2, 0.25) is 12.7 Å². The van der Waals surface area contributed by atoms with Crippen molar-refractivity contribution in [3.63, 3.8) is 0 Å². The van der Waals surface area contributed by atoms with Gasteiger partial charge >= 0.3 is 5.97 Å². The quantitative estimate of drug-likeness (QED) is 0.598. The number of methoxy groups -OCH3 is 1. The van der Waals surface area contributed by atoms with Crippen LogP contribution < -0.4 is 14.8 Å². The highest BCUT2D eigenvalue weighted by Crippen LogP contribution is 2.51. The first-order chi connectivity index (χ1) is 14.6. The van der Waals surface area contributed by atoms with Crippen LogP contribution >= 0.6 is 11.6 Å². The molecule has 2 aromatic rings. The van der Waals surface area contributed by atoms with Gasteiger partial charge in [0.1, 0.15) is 11.9 Å². The Morgan fingerprint density at radius 3 is 2.80 bits per heavy atom. The number of carbonyl (C=O) groups is 2. The Kier molecular flexibility index (Phi) is 4.70.